The Bertz CT molecular complexity index is 399. The van der Waals surface area contributed by atoms with E-state index in [4.69, 9.17) is 0 Å². The van der Waals surface area contributed by atoms with E-state index in [2.05, 4.69) is 4.74 Å². The first-order valence-electron chi connectivity index (χ1n) is 5.20. The minimum Gasteiger partial charge on any atom is -0.350 e. The lowest BCUT2D eigenvalue weighted by atomic mass is 10.3. The molecule has 0 N–H and O–H groups in total. The van der Waals surface area contributed by atoms with Gasteiger partial charge in [-0.2, -0.15) is 22.3 Å². The minimum absolute atomic E-state index is 0.110. The quantitative estimate of drug-likeness (QED) is 0.601. The first kappa shape index (κ1) is 13.5. The third-order valence-corrected chi connectivity index (χ3v) is 2.19. The minimum atomic E-state index is -4.98. The maximum absolute atomic E-state index is 12.1. The number of aryl methyl sites for hydroxylation is 2. The highest BCUT2D eigenvalue weighted by atomic mass is 19.4. The third kappa shape index (κ3) is 3.47. The fourth-order valence-electron chi connectivity index (χ4n) is 1.28. The van der Waals surface area contributed by atoms with Gasteiger partial charge < -0.3 is 4.74 Å². The van der Waals surface area contributed by atoms with Gasteiger partial charge in [0.05, 0.1) is 13.6 Å². The van der Waals surface area contributed by atoms with E-state index in [9.17, 15) is 18.0 Å². The number of carbonyl (C=O) groups excluding carboxylic acids is 1. The number of ether oxygens (including phenoxy) is 1. The van der Waals surface area contributed by atoms with Gasteiger partial charge in [0.2, 0.25) is 0 Å². The molecule has 0 saturated heterocycles. The molecule has 1 aromatic heterocycles. The largest absolute Gasteiger partial charge is 0.491 e. The molecule has 1 aromatic rings. The van der Waals surface area contributed by atoms with E-state index in [1.807, 2.05) is 6.92 Å². The van der Waals surface area contributed by atoms with Crippen LogP contribution in [0.15, 0.2) is 12.4 Å². The first-order chi connectivity index (χ1) is 7.86. The van der Waals surface area contributed by atoms with E-state index in [0.717, 1.165) is 12.8 Å². The molecule has 17 heavy (non-hydrogen) atoms. The van der Waals surface area contributed by atoms with Crippen molar-refractivity contribution in [2.45, 2.75) is 32.5 Å². The van der Waals surface area contributed by atoms with Crippen molar-refractivity contribution in [2.24, 2.45) is 7.05 Å². The number of alkyl halides is 3. The van der Waals surface area contributed by atoms with Crippen molar-refractivity contribution >= 4 is 5.97 Å². The number of esters is 1. The van der Waals surface area contributed by atoms with Gasteiger partial charge in [-0.25, -0.2) is 4.79 Å². The SMILES string of the molecule is CCCCn1cc[n+](C)c1OC(=O)C(F)(F)F. The summed E-state index contributed by atoms with van der Waals surface area (Å²) in [5.41, 5.74) is 0. The Morgan fingerprint density at radius 2 is 2.18 bits per heavy atom. The van der Waals surface area contributed by atoms with Crippen molar-refractivity contribution in [2.75, 3.05) is 0 Å². The van der Waals surface area contributed by atoms with Crippen molar-refractivity contribution in [1.29, 1.82) is 0 Å². The van der Waals surface area contributed by atoms with Crippen molar-refractivity contribution in [3.63, 3.8) is 0 Å². The molecular formula is C10H14F3N2O2+. The number of imidazole rings is 1. The number of aromatic nitrogens is 2. The zero-order valence-electron chi connectivity index (χ0n) is 9.62. The normalized spacial score (nSPS) is 11.6. The molecule has 0 fully saturated rings. The van der Waals surface area contributed by atoms with Crippen LogP contribution in [0.4, 0.5) is 13.2 Å². The average Bonchev–Trinajstić information content (AvgIpc) is 2.56. The van der Waals surface area contributed by atoms with Crippen molar-refractivity contribution in [3.05, 3.63) is 12.4 Å². The van der Waals surface area contributed by atoms with Crippen LogP contribution in [0.25, 0.3) is 0 Å². The second kappa shape index (κ2) is 5.20. The molecule has 0 unspecified atom stereocenters. The van der Waals surface area contributed by atoms with Gasteiger partial charge in [0.25, 0.3) is 0 Å². The lowest BCUT2D eigenvalue weighted by molar-refractivity contribution is -0.675. The summed E-state index contributed by atoms with van der Waals surface area (Å²) in [7, 11) is 1.52. The van der Waals surface area contributed by atoms with Crippen LogP contribution in [0.5, 0.6) is 6.01 Å². The van der Waals surface area contributed by atoms with E-state index in [1.54, 1.807) is 6.20 Å². The van der Waals surface area contributed by atoms with E-state index < -0.39 is 12.1 Å². The molecule has 0 atom stereocenters. The molecule has 4 nitrogen and oxygen atoms in total. The van der Waals surface area contributed by atoms with Gasteiger partial charge in [0.1, 0.15) is 12.4 Å². The third-order valence-electron chi connectivity index (χ3n) is 2.19. The number of hydrogen-bond donors (Lipinski definition) is 0. The first-order valence-corrected chi connectivity index (χ1v) is 5.20. The van der Waals surface area contributed by atoms with Crippen molar-refractivity contribution in [3.8, 4) is 6.01 Å². The van der Waals surface area contributed by atoms with Crippen molar-refractivity contribution in [1.82, 2.24) is 4.57 Å². The van der Waals surface area contributed by atoms with Crippen LogP contribution in [0, 0.1) is 0 Å². The molecule has 0 aliphatic carbocycles. The Labute approximate surface area is 96.6 Å². The predicted octanol–water partition coefficient (Wildman–Crippen LogP) is 1.58. The number of nitrogens with zero attached hydrogens (tertiary/aromatic N) is 2. The molecule has 1 rings (SSSR count). The van der Waals surface area contributed by atoms with Gasteiger partial charge in [-0.05, 0) is 6.42 Å². The highest BCUT2D eigenvalue weighted by molar-refractivity contribution is 5.77. The average molecular weight is 251 g/mol. The Morgan fingerprint density at radius 1 is 1.53 bits per heavy atom. The maximum Gasteiger partial charge on any atom is 0.491 e. The fraction of sp³-hybridized carbons (Fsp3) is 0.600. The highest BCUT2D eigenvalue weighted by Gasteiger charge is 2.43. The van der Waals surface area contributed by atoms with Crippen LogP contribution >= 0.6 is 0 Å². The Balaban J connectivity index is 2.82. The molecule has 0 aromatic carbocycles. The number of carbonyl (C=O) groups is 1. The van der Waals surface area contributed by atoms with Gasteiger partial charge in [0.15, 0.2) is 0 Å². The van der Waals surface area contributed by atoms with Crippen molar-refractivity contribution < 1.29 is 27.3 Å². The highest BCUT2D eigenvalue weighted by Crippen LogP contribution is 2.18. The molecule has 0 bridgehead atoms. The molecule has 0 saturated carbocycles. The lowest BCUT2D eigenvalue weighted by Gasteiger charge is -2.05. The number of hydrogen-bond acceptors (Lipinski definition) is 2. The number of unbranched alkanes of at least 4 members (excludes halogenated alkanes) is 1. The Kier molecular flexibility index (Phi) is 4.14. The van der Waals surface area contributed by atoms with Crippen LogP contribution in [0.1, 0.15) is 19.8 Å². The standard InChI is InChI=1S/C10H14F3N2O2/c1-3-4-5-15-7-6-14(2)9(15)17-8(16)10(11,12)13/h6-7H,3-5H2,1-2H3/q+1. The predicted molar refractivity (Wildman–Crippen MR) is 52.2 cm³/mol. The van der Waals surface area contributed by atoms with Gasteiger partial charge in [-0.3, -0.25) is 0 Å². The van der Waals surface area contributed by atoms with Crippen LogP contribution in [0.3, 0.4) is 0 Å². The van der Waals surface area contributed by atoms with Crippen LogP contribution < -0.4 is 9.30 Å². The van der Waals surface area contributed by atoms with Crippen LogP contribution in [-0.4, -0.2) is 16.7 Å². The summed E-state index contributed by atoms with van der Waals surface area (Å²) in [6, 6.07) is -0.110. The monoisotopic (exact) mass is 251 g/mol. The second-order valence-corrected chi connectivity index (χ2v) is 3.63. The zero-order chi connectivity index (χ0) is 13.1. The Hall–Kier alpha value is -1.53. The lowest BCUT2D eigenvalue weighted by Crippen LogP contribution is -2.36. The molecule has 1 heterocycles. The van der Waals surface area contributed by atoms with E-state index in [0.29, 0.717) is 6.54 Å². The summed E-state index contributed by atoms with van der Waals surface area (Å²) in [4.78, 5) is 10.7. The molecule has 0 aliphatic heterocycles. The molecule has 0 spiro atoms. The summed E-state index contributed by atoms with van der Waals surface area (Å²) in [6.45, 7) is 2.47. The molecule has 0 amide bonds. The smallest absolute Gasteiger partial charge is 0.350 e. The molecule has 0 aliphatic rings. The van der Waals surface area contributed by atoms with Gasteiger partial charge in [0, 0.05) is 0 Å². The zero-order valence-corrected chi connectivity index (χ0v) is 9.62. The summed E-state index contributed by atoms with van der Waals surface area (Å²) in [5, 5.41) is 0. The molecule has 96 valence electrons. The molecule has 0 radical (unpaired) electrons. The summed E-state index contributed by atoms with van der Waals surface area (Å²) in [5.74, 6) is -2.20. The number of rotatable bonds is 4. The van der Waals surface area contributed by atoms with Gasteiger partial charge >= 0.3 is 18.2 Å². The van der Waals surface area contributed by atoms with Gasteiger partial charge in [-0.15, -0.1) is 0 Å². The summed E-state index contributed by atoms with van der Waals surface area (Å²) in [6.07, 6.45) is -0.171. The van der Waals surface area contributed by atoms with Crippen LogP contribution in [0.2, 0.25) is 0 Å². The fourth-order valence-corrected chi connectivity index (χ4v) is 1.28. The van der Waals surface area contributed by atoms with E-state index >= 15 is 0 Å². The van der Waals surface area contributed by atoms with Crippen LogP contribution in [-0.2, 0) is 18.4 Å². The Morgan fingerprint density at radius 3 is 2.71 bits per heavy atom. The van der Waals surface area contributed by atoms with E-state index in [1.165, 1.54) is 22.4 Å². The summed E-state index contributed by atoms with van der Waals surface area (Å²) >= 11 is 0. The summed E-state index contributed by atoms with van der Waals surface area (Å²) < 4.78 is 43.3. The van der Waals surface area contributed by atoms with Gasteiger partial charge in [-0.1, -0.05) is 13.3 Å². The van der Waals surface area contributed by atoms with E-state index in [-0.39, 0.29) is 6.01 Å². The maximum atomic E-state index is 12.1. The second-order valence-electron chi connectivity index (χ2n) is 3.63. The molecular weight excluding hydrogens is 237 g/mol. The topological polar surface area (TPSA) is 35.1 Å². The molecule has 7 heteroatoms. The number of halogens is 3.